The second-order valence-electron chi connectivity index (χ2n) is 4.01. The molecule has 17 heavy (non-hydrogen) atoms. The summed E-state index contributed by atoms with van der Waals surface area (Å²) in [6.07, 6.45) is 7.09. The van der Waals surface area contributed by atoms with Crippen LogP contribution in [0, 0.1) is 0 Å². The van der Waals surface area contributed by atoms with Crippen molar-refractivity contribution in [3.63, 3.8) is 0 Å². The van der Waals surface area contributed by atoms with Gasteiger partial charge in [0, 0.05) is 19.1 Å². The van der Waals surface area contributed by atoms with E-state index in [-0.39, 0.29) is 5.34 Å². The number of ether oxygens (including phenoxy) is 2. The van der Waals surface area contributed by atoms with Gasteiger partial charge >= 0.3 is 0 Å². The van der Waals surface area contributed by atoms with Gasteiger partial charge in [-0.1, -0.05) is 45.7 Å². The van der Waals surface area contributed by atoms with Crippen molar-refractivity contribution in [3.8, 4) is 5.75 Å². The van der Waals surface area contributed by atoms with Crippen LogP contribution in [0.4, 0.5) is 0 Å². The van der Waals surface area contributed by atoms with E-state index in [1.54, 1.807) is 14.2 Å². The van der Waals surface area contributed by atoms with E-state index in [0.29, 0.717) is 0 Å². The van der Waals surface area contributed by atoms with Gasteiger partial charge in [-0.15, -0.1) is 0 Å². The van der Waals surface area contributed by atoms with Gasteiger partial charge < -0.3 is 9.47 Å². The molecule has 2 unspecified atom stereocenters. The predicted octanol–water partition coefficient (Wildman–Crippen LogP) is 3.26. The van der Waals surface area contributed by atoms with E-state index in [1.165, 1.54) is 0 Å². The van der Waals surface area contributed by atoms with Crippen LogP contribution in [0.15, 0.2) is 42.5 Å². The van der Waals surface area contributed by atoms with Gasteiger partial charge in [0.15, 0.2) is 0 Å². The van der Waals surface area contributed by atoms with Crippen LogP contribution in [0.2, 0.25) is 0 Å². The highest BCUT2D eigenvalue weighted by molar-refractivity contribution is 7.19. The van der Waals surface area contributed by atoms with E-state index in [1.807, 2.05) is 18.2 Å². The zero-order valence-corrected chi connectivity index (χ0v) is 11.3. The van der Waals surface area contributed by atoms with Crippen LogP contribution in [-0.2, 0) is 4.74 Å². The number of benzene rings is 1. The first-order valence-corrected chi connectivity index (χ1v) is 6.14. The second kappa shape index (κ2) is 5.03. The predicted molar refractivity (Wildman–Crippen MR) is 74.2 cm³/mol. The molecule has 2 atom stereocenters. The van der Waals surface area contributed by atoms with Gasteiger partial charge in [0.25, 0.3) is 0 Å². The van der Waals surface area contributed by atoms with Crippen LogP contribution in [0.3, 0.4) is 0 Å². The fraction of sp³-hybridized carbons (Fsp3) is 0.286. The molecule has 0 saturated carbocycles. The Morgan fingerprint density at radius 2 is 2.00 bits per heavy atom. The van der Waals surface area contributed by atoms with E-state index in [0.717, 1.165) is 23.3 Å². The normalized spacial score (nSPS) is 23.4. The largest absolute Gasteiger partial charge is 0.496 e. The molecule has 0 bridgehead atoms. The van der Waals surface area contributed by atoms with Crippen molar-refractivity contribution in [2.75, 3.05) is 14.2 Å². The molecule has 0 aromatic heterocycles. The molecule has 0 aliphatic heterocycles. The minimum Gasteiger partial charge on any atom is -0.496 e. The summed E-state index contributed by atoms with van der Waals surface area (Å²) < 4.78 is 11.0. The van der Waals surface area contributed by atoms with Crippen molar-refractivity contribution in [3.05, 3.63) is 48.1 Å². The Kier molecular flexibility index (Phi) is 3.66. The van der Waals surface area contributed by atoms with E-state index in [9.17, 15) is 0 Å². The summed E-state index contributed by atoms with van der Waals surface area (Å²) in [4.78, 5) is 0. The lowest BCUT2D eigenvalue weighted by molar-refractivity contribution is 0.120. The smallest absolute Gasteiger partial charge is 0.126 e. The molecular formula is C14H17O2P. The van der Waals surface area contributed by atoms with Crippen molar-refractivity contribution < 1.29 is 9.47 Å². The fourth-order valence-electron chi connectivity index (χ4n) is 2.04. The number of para-hydroxylation sites is 1. The van der Waals surface area contributed by atoms with Gasteiger partial charge in [0.05, 0.1) is 7.11 Å². The molecule has 1 aromatic carbocycles. The number of hydrogen-bond donors (Lipinski definition) is 0. The summed E-state index contributed by atoms with van der Waals surface area (Å²) in [5.74, 6) is 0.873. The SMILES string of the molecule is COc1ccccc1C1=CC=CCC1(P)OC. The summed E-state index contributed by atoms with van der Waals surface area (Å²) in [5, 5.41) is -0.358. The summed E-state index contributed by atoms with van der Waals surface area (Å²) in [6, 6.07) is 8.01. The van der Waals surface area contributed by atoms with Crippen molar-refractivity contribution in [1.29, 1.82) is 0 Å². The van der Waals surface area contributed by atoms with Gasteiger partial charge in [0.1, 0.15) is 11.1 Å². The Hall–Kier alpha value is -1.11. The second-order valence-corrected chi connectivity index (χ2v) is 4.94. The highest BCUT2D eigenvalue weighted by atomic mass is 31.0. The van der Waals surface area contributed by atoms with Crippen LogP contribution >= 0.6 is 9.24 Å². The standard InChI is InChI=1S/C14H17O2P/c1-15-13-9-4-3-7-11(13)12-8-5-6-10-14(12,17)16-2/h3-9H,10,17H2,1-2H3. The van der Waals surface area contributed by atoms with Gasteiger partial charge in [-0.2, -0.15) is 0 Å². The van der Waals surface area contributed by atoms with E-state index >= 15 is 0 Å². The minimum atomic E-state index is -0.358. The Labute approximate surface area is 105 Å². The highest BCUT2D eigenvalue weighted by Crippen LogP contribution is 2.43. The van der Waals surface area contributed by atoms with E-state index in [2.05, 4.69) is 33.5 Å². The first-order chi connectivity index (χ1) is 8.21. The monoisotopic (exact) mass is 248 g/mol. The molecule has 90 valence electrons. The lowest BCUT2D eigenvalue weighted by Crippen LogP contribution is -2.26. The maximum Gasteiger partial charge on any atom is 0.126 e. The van der Waals surface area contributed by atoms with Crippen LogP contribution in [-0.4, -0.2) is 19.6 Å². The zero-order chi connectivity index (χ0) is 12.3. The number of hydrogen-bond acceptors (Lipinski definition) is 2. The van der Waals surface area contributed by atoms with E-state index < -0.39 is 0 Å². The highest BCUT2D eigenvalue weighted by Gasteiger charge is 2.31. The molecule has 0 fully saturated rings. The number of rotatable bonds is 3. The molecule has 1 aliphatic carbocycles. The first-order valence-electron chi connectivity index (χ1n) is 5.56. The number of methoxy groups -OCH3 is 2. The third kappa shape index (κ3) is 2.29. The Morgan fingerprint density at radius 1 is 1.24 bits per heavy atom. The maximum atomic E-state index is 5.63. The quantitative estimate of drug-likeness (QED) is 0.764. The maximum absolute atomic E-state index is 5.63. The molecule has 1 aliphatic rings. The van der Waals surface area contributed by atoms with Crippen LogP contribution < -0.4 is 4.74 Å². The molecule has 0 amide bonds. The number of allylic oxidation sites excluding steroid dienone is 2. The lowest BCUT2D eigenvalue weighted by Gasteiger charge is -2.32. The first kappa shape index (κ1) is 12.3. The summed E-state index contributed by atoms with van der Waals surface area (Å²) in [7, 11) is 6.22. The van der Waals surface area contributed by atoms with Gasteiger partial charge in [-0.3, -0.25) is 0 Å². The minimum absolute atomic E-state index is 0.358. The zero-order valence-electron chi connectivity index (χ0n) is 10.1. The Bertz CT molecular complexity index is 465. The molecule has 0 radical (unpaired) electrons. The molecular weight excluding hydrogens is 231 g/mol. The summed E-state index contributed by atoms with van der Waals surface area (Å²) in [5.41, 5.74) is 2.21. The third-order valence-corrected chi connectivity index (χ3v) is 3.82. The molecule has 0 heterocycles. The van der Waals surface area contributed by atoms with Crippen molar-refractivity contribution >= 4 is 14.8 Å². The average molecular weight is 248 g/mol. The summed E-state index contributed by atoms with van der Waals surface area (Å²) in [6.45, 7) is 0. The molecule has 0 spiro atoms. The van der Waals surface area contributed by atoms with Crippen molar-refractivity contribution in [2.45, 2.75) is 11.8 Å². The molecule has 2 nitrogen and oxygen atoms in total. The van der Waals surface area contributed by atoms with Crippen molar-refractivity contribution in [1.82, 2.24) is 0 Å². The average Bonchev–Trinajstić information content (AvgIpc) is 2.39. The van der Waals surface area contributed by atoms with Gasteiger partial charge in [-0.25, -0.2) is 0 Å². The van der Waals surface area contributed by atoms with Crippen LogP contribution in [0.5, 0.6) is 5.75 Å². The third-order valence-electron chi connectivity index (χ3n) is 3.04. The fourth-order valence-corrected chi connectivity index (χ4v) is 2.42. The molecule has 0 saturated heterocycles. The molecule has 1 aromatic rings. The summed E-state index contributed by atoms with van der Waals surface area (Å²) >= 11 is 0. The topological polar surface area (TPSA) is 18.5 Å². The van der Waals surface area contributed by atoms with E-state index in [4.69, 9.17) is 9.47 Å². The van der Waals surface area contributed by atoms with Gasteiger partial charge in [-0.05, 0) is 11.6 Å². The van der Waals surface area contributed by atoms with Crippen LogP contribution in [0.1, 0.15) is 12.0 Å². The Morgan fingerprint density at radius 3 is 2.71 bits per heavy atom. The lowest BCUT2D eigenvalue weighted by atomic mass is 9.93. The van der Waals surface area contributed by atoms with Gasteiger partial charge in [0.2, 0.25) is 0 Å². The van der Waals surface area contributed by atoms with Crippen LogP contribution in [0.25, 0.3) is 5.57 Å². The molecule has 2 rings (SSSR count). The Balaban J connectivity index is 2.51. The van der Waals surface area contributed by atoms with Crippen molar-refractivity contribution in [2.24, 2.45) is 0 Å². The molecule has 0 N–H and O–H groups in total. The molecule has 3 heteroatoms.